The normalized spacial score (nSPS) is 12.1. The number of aromatic amines is 1. The third-order valence-corrected chi connectivity index (χ3v) is 2.96. The van der Waals surface area contributed by atoms with Crippen LogP contribution >= 0.6 is 0 Å². The van der Waals surface area contributed by atoms with Crippen molar-refractivity contribution in [3.05, 3.63) is 5.69 Å². The maximum Gasteiger partial charge on any atom is 0.273 e. The summed E-state index contributed by atoms with van der Waals surface area (Å²) in [5, 5.41) is 12.1. The van der Waals surface area contributed by atoms with Crippen LogP contribution < -0.4 is 11.1 Å². The number of anilines is 1. The van der Waals surface area contributed by atoms with Crippen LogP contribution in [0, 0.1) is 5.92 Å². The van der Waals surface area contributed by atoms with Crippen LogP contribution in [0.4, 0.5) is 5.82 Å². The molecule has 0 aliphatic heterocycles. The summed E-state index contributed by atoms with van der Waals surface area (Å²) in [5.41, 5.74) is 5.06. The highest BCUT2D eigenvalue weighted by Crippen LogP contribution is 2.14. The van der Waals surface area contributed by atoms with Crippen LogP contribution in [-0.2, 0) is 4.79 Å². The zero-order valence-electron chi connectivity index (χ0n) is 11.4. The number of H-pyrrole nitrogens is 1. The van der Waals surface area contributed by atoms with Crippen LogP contribution in [0.3, 0.4) is 0 Å². The van der Waals surface area contributed by atoms with Gasteiger partial charge in [-0.05, 0) is 6.42 Å². The topological polar surface area (TPSA) is 114 Å². The van der Waals surface area contributed by atoms with Crippen molar-refractivity contribution in [1.29, 1.82) is 0 Å². The molecule has 19 heavy (non-hydrogen) atoms. The molecular formula is C12H21N5O2. The molecule has 0 saturated carbocycles. The van der Waals surface area contributed by atoms with Crippen LogP contribution in [0.15, 0.2) is 0 Å². The maximum atomic E-state index is 11.9. The molecule has 2 amide bonds. The first-order valence-electron chi connectivity index (χ1n) is 6.57. The first-order chi connectivity index (χ1) is 9.06. The first-order valence-corrected chi connectivity index (χ1v) is 6.57. The number of carbonyl (C=O) groups is 2. The van der Waals surface area contributed by atoms with Crippen molar-refractivity contribution >= 4 is 17.6 Å². The molecule has 1 rings (SSSR count). The Hall–Kier alpha value is -1.92. The summed E-state index contributed by atoms with van der Waals surface area (Å²) >= 11 is 0. The van der Waals surface area contributed by atoms with Gasteiger partial charge >= 0.3 is 0 Å². The van der Waals surface area contributed by atoms with E-state index in [9.17, 15) is 9.59 Å². The smallest absolute Gasteiger partial charge is 0.273 e. The zero-order chi connectivity index (χ0) is 14.3. The Bertz CT molecular complexity index is 430. The van der Waals surface area contributed by atoms with Crippen molar-refractivity contribution in [2.75, 3.05) is 5.32 Å². The second kappa shape index (κ2) is 7.50. The van der Waals surface area contributed by atoms with Crippen LogP contribution in [0.25, 0.3) is 0 Å². The Morgan fingerprint density at radius 3 is 2.68 bits per heavy atom. The Kier molecular flexibility index (Phi) is 5.98. The predicted octanol–water partition coefficient (Wildman–Crippen LogP) is 1.45. The molecule has 7 heteroatoms. The molecule has 1 aromatic rings. The van der Waals surface area contributed by atoms with Gasteiger partial charge in [0.05, 0.1) is 0 Å². The number of hydrogen-bond donors (Lipinski definition) is 3. The van der Waals surface area contributed by atoms with E-state index in [0.717, 1.165) is 19.3 Å². The summed E-state index contributed by atoms with van der Waals surface area (Å²) in [6.07, 6.45) is 5.31. The van der Waals surface area contributed by atoms with Crippen molar-refractivity contribution in [2.45, 2.75) is 46.0 Å². The fourth-order valence-corrected chi connectivity index (χ4v) is 1.74. The number of nitrogens with two attached hydrogens (primary N) is 1. The van der Waals surface area contributed by atoms with Crippen molar-refractivity contribution in [1.82, 2.24) is 15.4 Å². The minimum Gasteiger partial charge on any atom is -0.364 e. The molecule has 0 radical (unpaired) electrons. The van der Waals surface area contributed by atoms with Crippen LogP contribution in [0.5, 0.6) is 0 Å². The summed E-state index contributed by atoms with van der Waals surface area (Å²) in [6, 6.07) is 0. The van der Waals surface area contributed by atoms with Gasteiger partial charge in [-0.1, -0.05) is 39.5 Å². The monoisotopic (exact) mass is 267 g/mol. The molecule has 0 aliphatic rings. The largest absolute Gasteiger partial charge is 0.364 e. The number of nitrogens with zero attached hydrogens (tertiary/aromatic N) is 2. The first kappa shape index (κ1) is 15.1. The van der Waals surface area contributed by atoms with Gasteiger partial charge in [-0.15, -0.1) is 10.2 Å². The summed E-state index contributed by atoms with van der Waals surface area (Å²) in [4.78, 5) is 22.9. The molecule has 1 unspecified atom stereocenters. The number of unbranched alkanes of at least 4 members (excludes halogenated alkanes) is 3. The standard InChI is InChI=1S/C12H21N5O2/c1-3-4-5-6-7-8(2)12(19)14-11-9(10(13)18)15-17-16-11/h8H,3-7H2,1-2H3,(H2,13,18)(H2,14,15,16,17,19). The van der Waals surface area contributed by atoms with Crippen LogP contribution in [0.1, 0.15) is 56.4 Å². The Balaban J connectivity index is 2.45. The SMILES string of the molecule is CCCCCCC(C)C(=O)Nc1n[nH]nc1C(N)=O. The minimum absolute atomic E-state index is 0.0495. The van der Waals surface area contributed by atoms with Crippen LogP contribution in [0.2, 0.25) is 0 Å². The molecule has 0 fully saturated rings. The summed E-state index contributed by atoms with van der Waals surface area (Å²) in [7, 11) is 0. The van der Waals surface area contributed by atoms with Gasteiger partial charge in [-0.2, -0.15) is 5.21 Å². The van der Waals surface area contributed by atoms with Gasteiger partial charge in [-0.3, -0.25) is 9.59 Å². The number of amides is 2. The minimum atomic E-state index is -0.723. The lowest BCUT2D eigenvalue weighted by atomic mass is 10.0. The quantitative estimate of drug-likeness (QED) is 0.618. The molecule has 0 bridgehead atoms. The fourth-order valence-electron chi connectivity index (χ4n) is 1.74. The van der Waals surface area contributed by atoms with Crippen molar-refractivity contribution in [3.63, 3.8) is 0 Å². The molecule has 1 atom stereocenters. The van der Waals surface area contributed by atoms with E-state index in [-0.39, 0.29) is 23.3 Å². The third kappa shape index (κ3) is 4.69. The molecule has 1 heterocycles. The van der Waals surface area contributed by atoms with E-state index in [1.165, 1.54) is 12.8 Å². The van der Waals surface area contributed by atoms with Crippen LogP contribution in [-0.4, -0.2) is 27.2 Å². The predicted molar refractivity (Wildman–Crippen MR) is 71.5 cm³/mol. The van der Waals surface area contributed by atoms with Gasteiger partial charge in [0, 0.05) is 5.92 Å². The van der Waals surface area contributed by atoms with E-state index < -0.39 is 5.91 Å². The lowest BCUT2D eigenvalue weighted by molar-refractivity contribution is -0.119. The summed E-state index contributed by atoms with van der Waals surface area (Å²) in [6.45, 7) is 4.00. The number of primary amides is 1. The van der Waals surface area contributed by atoms with Crippen molar-refractivity contribution < 1.29 is 9.59 Å². The van der Waals surface area contributed by atoms with Gasteiger partial charge in [0.25, 0.3) is 5.91 Å². The van der Waals surface area contributed by atoms with Crippen molar-refractivity contribution in [2.24, 2.45) is 11.7 Å². The van der Waals surface area contributed by atoms with Gasteiger partial charge < -0.3 is 11.1 Å². The Morgan fingerprint density at radius 1 is 1.32 bits per heavy atom. The molecule has 7 nitrogen and oxygen atoms in total. The molecule has 106 valence electrons. The number of hydrogen-bond acceptors (Lipinski definition) is 4. The number of carbonyl (C=O) groups excluding carboxylic acids is 2. The van der Waals surface area contributed by atoms with Gasteiger partial charge in [0.2, 0.25) is 5.91 Å². The number of aromatic nitrogens is 3. The zero-order valence-corrected chi connectivity index (χ0v) is 11.4. The lowest BCUT2D eigenvalue weighted by Gasteiger charge is -2.10. The average Bonchev–Trinajstić information content (AvgIpc) is 2.82. The van der Waals surface area contributed by atoms with E-state index in [0.29, 0.717) is 0 Å². The molecule has 0 aromatic carbocycles. The fraction of sp³-hybridized carbons (Fsp3) is 0.667. The summed E-state index contributed by atoms with van der Waals surface area (Å²) < 4.78 is 0. The molecule has 0 aliphatic carbocycles. The van der Waals surface area contributed by atoms with E-state index in [2.05, 4.69) is 27.7 Å². The molecule has 0 saturated heterocycles. The Morgan fingerprint density at radius 2 is 2.05 bits per heavy atom. The van der Waals surface area contributed by atoms with Gasteiger partial charge in [-0.25, -0.2) is 0 Å². The molecule has 1 aromatic heterocycles. The summed E-state index contributed by atoms with van der Waals surface area (Å²) in [5.74, 6) is -0.931. The number of nitrogens with one attached hydrogen (secondary N) is 2. The average molecular weight is 267 g/mol. The van der Waals surface area contributed by atoms with Crippen molar-refractivity contribution in [3.8, 4) is 0 Å². The molecular weight excluding hydrogens is 246 g/mol. The van der Waals surface area contributed by atoms with Gasteiger partial charge in [0.1, 0.15) is 0 Å². The van der Waals surface area contributed by atoms with Gasteiger partial charge in [0.15, 0.2) is 11.5 Å². The highest BCUT2D eigenvalue weighted by molar-refractivity contribution is 6.00. The lowest BCUT2D eigenvalue weighted by Crippen LogP contribution is -2.23. The van der Waals surface area contributed by atoms with E-state index in [1.807, 2.05) is 6.92 Å². The second-order valence-corrected chi connectivity index (χ2v) is 4.62. The highest BCUT2D eigenvalue weighted by Gasteiger charge is 2.19. The molecule has 4 N–H and O–H groups in total. The highest BCUT2D eigenvalue weighted by atomic mass is 16.2. The third-order valence-electron chi connectivity index (χ3n) is 2.96. The van der Waals surface area contributed by atoms with E-state index in [4.69, 9.17) is 5.73 Å². The Labute approximate surface area is 112 Å². The second-order valence-electron chi connectivity index (χ2n) is 4.62. The maximum absolute atomic E-state index is 11.9. The van der Waals surface area contributed by atoms with E-state index >= 15 is 0 Å². The number of rotatable bonds is 8. The molecule has 0 spiro atoms. The van der Waals surface area contributed by atoms with E-state index in [1.54, 1.807) is 0 Å².